The summed E-state index contributed by atoms with van der Waals surface area (Å²) in [5.41, 5.74) is 0.480. The van der Waals surface area contributed by atoms with Gasteiger partial charge in [-0.2, -0.15) is 15.0 Å². The highest BCUT2D eigenvalue weighted by atomic mass is 16.6. The number of nitrogens with zero attached hydrogens (tertiary/aromatic N) is 3. The van der Waals surface area contributed by atoms with E-state index < -0.39 is 11.7 Å². The fraction of sp³-hybridized carbons (Fsp3) is 0.308. The third-order valence-corrected chi connectivity index (χ3v) is 2.30. The molecule has 0 bridgehead atoms. The third kappa shape index (κ3) is 2.18. The van der Waals surface area contributed by atoms with Gasteiger partial charge >= 0.3 is 6.09 Å². The molecule has 5 heteroatoms. The van der Waals surface area contributed by atoms with Crippen molar-refractivity contribution in [3.05, 3.63) is 30.0 Å². The quantitative estimate of drug-likeness (QED) is 0.713. The fourth-order valence-electron chi connectivity index (χ4n) is 1.60. The second kappa shape index (κ2) is 4.15. The highest BCUT2D eigenvalue weighted by Crippen LogP contribution is 2.19. The first-order valence-electron chi connectivity index (χ1n) is 5.52. The molecule has 92 valence electrons. The zero-order valence-corrected chi connectivity index (χ0v) is 10.5. The van der Waals surface area contributed by atoms with Gasteiger partial charge in [0.05, 0.1) is 23.3 Å². The molecule has 0 aliphatic heterocycles. The summed E-state index contributed by atoms with van der Waals surface area (Å²) < 4.78 is 6.41. The third-order valence-electron chi connectivity index (χ3n) is 2.30. The molecule has 18 heavy (non-hydrogen) atoms. The lowest BCUT2D eigenvalue weighted by Crippen LogP contribution is -2.27. The first-order valence-corrected chi connectivity index (χ1v) is 5.52. The standard InChI is InChI=1S/C13H13N3O2/c1-13(2,3)18-12(17)16-11-6-4-5-9(7-14)10(11)8-15-16/h4-6,8H,1-3H3. The molecule has 0 spiro atoms. The molecule has 0 radical (unpaired) electrons. The molecule has 1 aromatic heterocycles. The van der Waals surface area contributed by atoms with Crippen LogP contribution in [0, 0.1) is 11.3 Å². The van der Waals surface area contributed by atoms with Crippen LogP contribution in [0.5, 0.6) is 0 Å². The van der Waals surface area contributed by atoms with Crippen LogP contribution in [0.2, 0.25) is 0 Å². The molecule has 5 nitrogen and oxygen atoms in total. The van der Waals surface area contributed by atoms with Crippen LogP contribution in [0.3, 0.4) is 0 Å². The van der Waals surface area contributed by atoms with Crippen molar-refractivity contribution >= 4 is 17.0 Å². The summed E-state index contributed by atoms with van der Waals surface area (Å²) >= 11 is 0. The number of fused-ring (bicyclic) bond motifs is 1. The summed E-state index contributed by atoms with van der Waals surface area (Å²) in [6.45, 7) is 5.37. The van der Waals surface area contributed by atoms with Crippen molar-refractivity contribution < 1.29 is 9.53 Å². The van der Waals surface area contributed by atoms with Gasteiger partial charge in [-0.3, -0.25) is 0 Å². The average Bonchev–Trinajstić information content (AvgIpc) is 2.69. The highest BCUT2D eigenvalue weighted by Gasteiger charge is 2.20. The maximum atomic E-state index is 11.9. The number of hydrogen-bond acceptors (Lipinski definition) is 4. The van der Waals surface area contributed by atoms with Crippen molar-refractivity contribution in [2.45, 2.75) is 26.4 Å². The molecule has 0 atom stereocenters. The summed E-state index contributed by atoms with van der Waals surface area (Å²) in [7, 11) is 0. The molecule has 0 saturated heterocycles. The Morgan fingerprint density at radius 3 is 2.78 bits per heavy atom. The molecular weight excluding hydrogens is 230 g/mol. The minimum absolute atomic E-state index is 0.488. The first-order chi connectivity index (χ1) is 8.42. The second-order valence-corrected chi connectivity index (χ2v) is 4.89. The van der Waals surface area contributed by atoms with E-state index in [2.05, 4.69) is 11.2 Å². The van der Waals surface area contributed by atoms with Crippen molar-refractivity contribution in [3.8, 4) is 6.07 Å². The van der Waals surface area contributed by atoms with Gasteiger partial charge in [-0.05, 0) is 32.9 Å². The number of nitriles is 1. The lowest BCUT2D eigenvalue weighted by molar-refractivity contribution is 0.0523. The molecule has 0 aliphatic rings. The predicted octanol–water partition coefficient (Wildman–Crippen LogP) is 2.69. The zero-order chi connectivity index (χ0) is 13.3. The average molecular weight is 243 g/mol. The van der Waals surface area contributed by atoms with E-state index >= 15 is 0 Å². The van der Waals surface area contributed by atoms with Crippen LogP contribution in [0.25, 0.3) is 10.9 Å². The lowest BCUT2D eigenvalue weighted by atomic mass is 10.1. The van der Waals surface area contributed by atoms with Gasteiger partial charge in [-0.15, -0.1) is 0 Å². The number of carbonyl (C=O) groups is 1. The maximum Gasteiger partial charge on any atom is 0.435 e. The highest BCUT2D eigenvalue weighted by molar-refractivity contribution is 5.91. The van der Waals surface area contributed by atoms with E-state index in [1.165, 1.54) is 10.9 Å². The minimum Gasteiger partial charge on any atom is -0.442 e. The normalized spacial score (nSPS) is 11.2. The van der Waals surface area contributed by atoms with Gasteiger partial charge < -0.3 is 4.74 Å². The molecular formula is C13H13N3O2. The predicted molar refractivity (Wildman–Crippen MR) is 66.1 cm³/mol. The topological polar surface area (TPSA) is 67.9 Å². The van der Waals surface area contributed by atoms with Gasteiger partial charge in [0.1, 0.15) is 5.60 Å². The number of hydrogen-bond donors (Lipinski definition) is 0. The Hall–Kier alpha value is -2.35. The summed E-state index contributed by atoms with van der Waals surface area (Å²) in [6, 6.07) is 7.19. The molecule has 0 amide bonds. The number of ether oxygens (including phenoxy) is 1. The summed E-state index contributed by atoms with van der Waals surface area (Å²) in [6.07, 6.45) is 0.949. The van der Waals surface area contributed by atoms with Crippen LogP contribution in [0.4, 0.5) is 4.79 Å². The molecule has 0 saturated carbocycles. The summed E-state index contributed by atoms with van der Waals surface area (Å²) in [4.78, 5) is 11.9. The van der Waals surface area contributed by atoms with Crippen LogP contribution in [0.1, 0.15) is 26.3 Å². The van der Waals surface area contributed by atoms with Gasteiger partial charge in [0.25, 0.3) is 0 Å². The van der Waals surface area contributed by atoms with E-state index in [0.717, 1.165) is 0 Å². The molecule has 1 heterocycles. The Morgan fingerprint density at radius 2 is 2.17 bits per heavy atom. The van der Waals surface area contributed by atoms with Crippen molar-refractivity contribution in [2.75, 3.05) is 0 Å². The van der Waals surface area contributed by atoms with Crippen molar-refractivity contribution in [1.29, 1.82) is 5.26 Å². The largest absolute Gasteiger partial charge is 0.442 e. The minimum atomic E-state index is -0.581. The smallest absolute Gasteiger partial charge is 0.435 e. The Kier molecular flexibility index (Phi) is 2.79. The van der Waals surface area contributed by atoms with Gasteiger partial charge in [0.2, 0.25) is 0 Å². The summed E-state index contributed by atoms with van der Waals surface area (Å²) in [5, 5.41) is 13.6. The number of aromatic nitrogens is 2. The molecule has 0 fully saturated rings. The molecule has 0 N–H and O–H groups in total. The van der Waals surface area contributed by atoms with E-state index in [1.807, 2.05) is 0 Å². The number of rotatable bonds is 0. The Balaban J connectivity index is 2.48. The van der Waals surface area contributed by atoms with Crippen LogP contribution in [-0.4, -0.2) is 21.5 Å². The second-order valence-electron chi connectivity index (χ2n) is 4.89. The lowest BCUT2D eigenvalue weighted by Gasteiger charge is -2.19. The van der Waals surface area contributed by atoms with E-state index in [0.29, 0.717) is 16.5 Å². The zero-order valence-electron chi connectivity index (χ0n) is 10.5. The van der Waals surface area contributed by atoms with Gasteiger partial charge in [0, 0.05) is 5.39 Å². The molecule has 0 aliphatic carbocycles. The van der Waals surface area contributed by atoms with Crippen LogP contribution >= 0.6 is 0 Å². The van der Waals surface area contributed by atoms with Gasteiger partial charge in [0.15, 0.2) is 0 Å². The number of benzene rings is 1. The number of carbonyl (C=O) groups excluding carboxylic acids is 1. The molecule has 2 rings (SSSR count). The van der Waals surface area contributed by atoms with E-state index in [1.54, 1.807) is 39.0 Å². The van der Waals surface area contributed by atoms with Crippen LogP contribution < -0.4 is 0 Å². The Bertz CT molecular complexity index is 644. The maximum absolute atomic E-state index is 11.9. The molecule has 2 aromatic rings. The SMILES string of the molecule is CC(C)(C)OC(=O)n1ncc2c(C#N)cccc21. The molecule has 0 unspecified atom stereocenters. The molecule has 1 aromatic carbocycles. The van der Waals surface area contributed by atoms with Crippen LogP contribution in [-0.2, 0) is 4.74 Å². The van der Waals surface area contributed by atoms with Gasteiger partial charge in [-0.1, -0.05) is 6.07 Å². The Morgan fingerprint density at radius 1 is 1.44 bits per heavy atom. The monoisotopic (exact) mass is 243 g/mol. The first kappa shape index (κ1) is 12.1. The van der Waals surface area contributed by atoms with E-state index in [-0.39, 0.29) is 0 Å². The van der Waals surface area contributed by atoms with E-state index in [9.17, 15) is 4.79 Å². The van der Waals surface area contributed by atoms with Gasteiger partial charge in [-0.25, -0.2) is 4.79 Å². The fourth-order valence-corrected chi connectivity index (χ4v) is 1.60. The van der Waals surface area contributed by atoms with Crippen molar-refractivity contribution in [2.24, 2.45) is 0 Å². The van der Waals surface area contributed by atoms with Crippen LogP contribution in [0.15, 0.2) is 24.4 Å². The Labute approximate surface area is 105 Å². The van der Waals surface area contributed by atoms with Crippen molar-refractivity contribution in [3.63, 3.8) is 0 Å². The summed E-state index contributed by atoms with van der Waals surface area (Å²) in [5.74, 6) is 0. The van der Waals surface area contributed by atoms with E-state index in [4.69, 9.17) is 10.00 Å². The van der Waals surface area contributed by atoms with Crippen molar-refractivity contribution in [1.82, 2.24) is 9.78 Å².